The summed E-state index contributed by atoms with van der Waals surface area (Å²) in [5.41, 5.74) is 0.583. The third kappa shape index (κ3) is 12.7. The largest absolute Gasteiger partial charge is 1.00 e. The van der Waals surface area contributed by atoms with Crippen LogP contribution in [-0.2, 0) is 14.1 Å². The van der Waals surface area contributed by atoms with Crippen LogP contribution in [0.3, 0.4) is 0 Å². The maximum absolute atomic E-state index is 10.5. The number of carboxylic acids is 2. The Hall–Kier alpha value is -2.47. The summed E-state index contributed by atoms with van der Waals surface area (Å²) in [6.07, 6.45) is 0. The number of aromatic nitrogens is 2. The van der Waals surface area contributed by atoms with Crippen molar-refractivity contribution in [3.63, 3.8) is 0 Å². The van der Waals surface area contributed by atoms with Gasteiger partial charge in [-0.25, -0.2) is 4.79 Å². The molecule has 0 aliphatic heterocycles. The minimum Gasteiger partial charge on any atom is -0.545 e. The van der Waals surface area contributed by atoms with Crippen molar-refractivity contribution < 1.29 is 49.4 Å². The zero-order valence-electron chi connectivity index (χ0n) is 18.6. The number of nitrogens with zero attached hydrogens (tertiary/aromatic N) is 2. The molecule has 34 heavy (non-hydrogen) atoms. The predicted molar refractivity (Wildman–Crippen MR) is 128 cm³/mol. The first-order valence-corrected chi connectivity index (χ1v) is 11.1. The fourth-order valence-corrected chi connectivity index (χ4v) is 3.37. The molecule has 0 bridgehead atoms. The molecule has 0 saturated heterocycles. The molecule has 174 valence electrons. The summed E-state index contributed by atoms with van der Waals surface area (Å²) >= 11 is 8.11. The molecule has 2 aromatic carbocycles. The van der Waals surface area contributed by atoms with Gasteiger partial charge in [0.25, 0.3) is 11.1 Å². The molecule has 1 N–H and O–H groups in total. The Balaban J connectivity index is 0.000000425. The third-order valence-corrected chi connectivity index (χ3v) is 5.36. The quantitative estimate of drug-likeness (QED) is 0.364. The Morgan fingerprint density at radius 2 is 1.35 bits per heavy atom. The molecule has 2 aromatic heterocycles. The standard InChI is InChI=1S/2C7H6O2.C4H4ClNOS.C4H5NOS.Na/c2*8-7(9)6-4-2-1-3-5-6;1-6-4(7)2-3(5)8-6;1-5-4(6)2-3-7-5;/h2*1-5H,(H,8,9);2H,1H3;2-3H,1H3;/q;;;;+1/p-1. The summed E-state index contributed by atoms with van der Waals surface area (Å²) in [5, 5.41) is 20.2. The van der Waals surface area contributed by atoms with Crippen molar-refractivity contribution in [2.45, 2.75) is 0 Å². The van der Waals surface area contributed by atoms with Crippen LogP contribution in [-0.4, -0.2) is 25.0 Å². The van der Waals surface area contributed by atoms with Gasteiger partial charge in [0, 0.05) is 31.6 Å². The number of carboxylic acid groups (broad SMARTS) is 2. The van der Waals surface area contributed by atoms with Crippen LogP contribution >= 0.6 is 34.7 Å². The molecular formula is C22H20ClN2NaO6S2. The first-order chi connectivity index (χ1) is 15.6. The molecule has 0 atom stereocenters. The van der Waals surface area contributed by atoms with Gasteiger partial charge in [-0.3, -0.25) is 17.5 Å². The molecule has 12 heteroatoms. The summed E-state index contributed by atoms with van der Waals surface area (Å²) in [5.74, 6) is -2.01. The second kappa shape index (κ2) is 17.0. The molecule has 0 spiro atoms. The van der Waals surface area contributed by atoms with Gasteiger partial charge in [-0.05, 0) is 29.2 Å². The zero-order valence-corrected chi connectivity index (χ0v) is 23.0. The van der Waals surface area contributed by atoms with Crippen LogP contribution in [0.1, 0.15) is 20.7 Å². The van der Waals surface area contributed by atoms with Gasteiger partial charge >= 0.3 is 35.5 Å². The van der Waals surface area contributed by atoms with E-state index in [0.717, 1.165) is 0 Å². The van der Waals surface area contributed by atoms with Crippen molar-refractivity contribution in [1.29, 1.82) is 0 Å². The number of carbonyl (C=O) groups is 2. The van der Waals surface area contributed by atoms with Gasteiger partial charge in [-0.2, -0.15) is 0 Å². The number of halogens is 1. The number of aryl methyl sites for hydroxylation is 2. The molecule has 0 aliphatic rings. The second-order valence-corrected chi connectivity index (χ2v) is 8.78. The second-order valence-electron chi connectivity index (χ2n) is 5.94. The molecule has 0 amide bonds. The number of carbonyl (C=O) groups excluding carboxylic acids is 1. The van der Waals surface area contributed by atoms with Crippen LogP contribution in [0.5, 0.6) is 0 Å². The zero-order chi connectivity index (χ0) is 24.8. The average molecular weight is 531 g/mol. The molecule has 4 rings (SSSR count). The normalized spacial score (nSPS) is 8.91. The summed E-state index contributed by atoms with van der Waals surface area (Å²) in [7, 11) is 3.42. The molecule has 0 aliphatic carbocycles. The number of benzene rings is 2. The van der Waals surface area contributed by atoms with E-state index < -0.39 is 11.9 Å². The van der Waals surface area contributed by atoms with Gasteiger partial charge in [0.1, 0.15) is 4.34 Å². The van der Waals surface area contributed by atoms with E-state index in [4.69, 9.17) is 16.7 Å². The summed E-state index contributed by atoms with van der Waals surface area (Å²) < 4.78 is 3.58. The maximum atomic E-state index is 10.5. The monoisotopic (exact) mass is 530 g/mol. The smallest absolute Gasteiger partial charge is 0.545 e. The van der Waals surface area contributed by atoms with E-state index in [1.54, 1.807) is 78.0 Å². The van der Waals surface area contributed by atoms with Gasteiger partial charge in [0.15, 0.2) is 0 Å². The van der Waals surface area contributed by atoms with Gasteiger partial charge in [-0.15, -0.1) is 0 Å². The molecule has 0 saturated carbocycles. The van der Waals surface area contributed by atoms with Crippen LogP contribution in [0.15, 0.2) is 87.8 Å². The van der Waals surface area contributed by atoms with Gasteiger partial charge in [0.05, 0.1) is 11.5 Å². The molecule has 2 heterocycles. The fraction of sp³-hybridized carbons (Fsp3) is 0.0909. The average Bonchev–Trinajstić information content (AvgIpc) is 3.32. The van der Waals surface area contributed by atoms with Gasteiger partial charge in [0.2, 0.25) is 0 Å². The topological polar surface area (TPSA) is 121 Å². The van der Waals surface area contributed by atoms with Crippen molar-refractivity contribution >= 4 is 46.6 Å². The van der Waals surface area contributed by atoms with Gasteiger partial charge in [-0.1, -0.05) is 71.7 Å². The van der Waals surface area contributed by atoms with E-state index in [9.17, 15) is 24.3 Å². The molecule has 0 unspecified atom stereocenters. The van der Waals surface area contributed by atoms with Crippen LogP contribution < -0.4 is 45.8 Å². The van der Waals surface area contributed by atoms with Crippen molar-refractivity contribution in [2.24, 2.45) is 14.1 Å². The molecule has 0 fully saturated rings. The van der Waals surface area contributed by atoms with Crippen LogP contribution in [0.2, 0.25) is 4.34 Å². The number of aromatic carboxylic acids is 2. The Morgan fingerprint density at radius 3 is 1.53 bits per heavy atom. The number of rotatable bonds is 2. The van der Waals surface area contributed by atoms with Gasteiger partial charge < -0.3 is 15.0 Å². The summed E-state index contributed by atoms with van der Waals surface area (Å²) in [6, 6.07) is 19.3. The summed E-state index contributed by atoms with van der Waals surface area (Å²) in [4.78, 5) is 41.2. The maximum Gasteiger partial charge on any atom is 1.00 e. The van der Waals surface area contributed by atoms with Crippen molar-refractivity contribution in [2.75, 3.05) is 0 Å². The Labute approximate surface area is 230 Å². The first-order valence-electron chi connectivity index (χ1n) is 9.10. The van der Waals surface area contributed by atoms with E-state index in [0.29, 0.717) is 9.90 Å². The summed E-state index contributed by atoms with van der Waals surface area (Å²) in [6.45, 7) is 0. The van der Waals surface area contributed by atoms with Crippen LogP contribution in [0.25, 0.3) is 0 Å². The number of hydrogen-bond donors (Lipinski definition) is 1. The van der Waals surface area contributed by atoms with Crippen LogP contribution in [0.4, 0.5) is 0 Å². The molecular weight excluding hydrogens is 511 g/mol. The Kier molecular flexibility index (Phi) is 15.8. The van der Waals surface area contributed by atoms with E-state index in [1.807, 2.05) is 0 Å². The predicted octanol–water partition coefficient (Wildman–Crippen LogP) is -0.0141. The minimum absolute atomic E-state index is 0. The van der Waals surface area contributed by atoms with E-state index in [2.05, 4.69) is 0 Å². The van der Waals surface area contributed by atoms with Crippen molar-refractivity contribution in [3.8, 4) is 0 Å². The van der Waals surface area contributed by atoms with Crippen molar-refractivity contribution in [3.05, 3.63) is 114 Å². The van der Waals surface area contributed by atoms with Crippen LogP contribution in [0, 0.1) is 0 Å². The first kappa shape index (κ1) is 31.5. The third-order valence-electron chi connectivity index (χ3n) is 3.54. The molecule has 8 nitrogen and oxygen atoms in total. The van der Waals surface area contributed by atoms with E-state index >= 15 is 0 Å². The fourth-order valence-electron chi connectivity index (χ4n) is 1.88. The van der Waals surface area contributed by atoms with E-state index in [-0.39, 0.29) is 46.2 Å². The Bertz CT molecular complexity index is 1200. The number of hydrogen-bond acceptors (Lipinski definition) is 7. The Morgan fingerprint density at radius 1 is 0.853 bits per heavy atom. The van der Waals surface area contributed by atoms with E-state index in [1.165, 1.54) is 45.2 Å². The SMILES string of the molecule is Cn1sc(Cl)cc1=O.Cn1sccc1=O.O=C(O)c1ccccc1.O=C([O-])c1ccccc1.[Na+]. The van der Waals surface area contributed by atoms with Crippen molar-refractivity contribution in [1.82, 2.24) is 7.91 Å². The molecule has 4 aromatic rings. The minimum atomic E-state index is -1.13. The molecule has 0 radical (unpaired) electrons.